The van der Waals surface area contributed by atoms with E-state index in [1.807, 2.05) is 72.4 Å². The third-order valence-electron chi connectivity index (χ3n) is 4.88. The fraction of sp³-hybridized carbons (Fsp3) is 0.190. The van der Waals surface area contributed by atoms with Gasteiger partial charge in [-0.2, -0.15) is 0 Å². The van der Waals surface area contributed by atoms with Crippen LogP contribution in [0.5, 0.6) is 0 Å². The van der Waals surface area contributed by atoms with Crippen molar-refractivity contribution in [3.8, 4) is 0 Å². The molecule has 1 atom stereocenters. The molecule has 1 aromatic heterocycles. The first-order valence-corrected chi connectivity index (χ1v) is 9.02. The zero-order chi connectivity index (χ0) is 19.7. The number of aryl methyl sites for hydroxylation is 1. The van der Waals surface area contributed by atoms with Crippen molar-refractivity contribution in [2.24, 2.45) is 7.05 Å². The Bertz CT molecular complexity index is 1060. The number of anilines is 1. The van der Waals surface area contributed by atoms with Gasteiger partial charge in [0.1, 0.15) is 6.04 Å². The van der Waals surface area contributed by atoms with Crippen molar-refractivity contribution in [3.63, 3.8) is 0 Å². The number of hydrogen-bond donors (Lipinski definition) is 2. The summed E-state index contributed by atoms with van der Waals surface area (Å²) in [4.78, 5) is 38.4. The average molecular weight is 376 g/mol. The number of rotatable bonds is 5. The first-order chi connectivity index (χ1) is 13.5. The third-order valence-corrected chi connectivity index (χ3v) is 4.88. The monoisotopic (exact) mass is 376 g/mol. The van der Waals surface area contributed by atoms with Crippen LogP contribution in [0, 0.1) is 0 Å². The van der Waals surface area contributed by atoms with E-state index in [4.69, 9.17) is 0 Å². The lowest BCUT2D eigenvalue weighted by Gasteiger charge is -2.13. The third kappa shape index (κ3) is 3.34. The van der Waals surface area contributed by atoms with Gasteiger partial charge in [0, 0.05) is 24.1 Å². The lowest BCUT2D eigenvalue weighted by Crippen LogP contribution is -2.34. The van der Waals surface area contributed by atoms with Crippen LogP contribution >= 0.6 is 0 Å². The van der Waals surface area contributed by atoms with Crippen LogP contribution in [0.1, 0.15) is 12.0 Å². The maximum Gasteiger partial charge on any atom is 0.325 e. The summed E-state index contributed by atoms with van der Waals surface area (Å²) in [6.45, 7) is 0.187. The van der Waals surface area contributed by atoms with Crippen molar-refractivity contribution in [1.82, 2.24) is 14.8 Å². The molecule has 1 saturated heterocycles. The minimum absolute atomic E-state index is 0.112. The van der Waals surface area contributed by atoms with Gasteiger partial charge in [-0.1, -0.05) is 36.4 Å². The molecule has 7 heteroatoms. The Hall–Kier alpha value is -3.61. The van der Waals surface area contributed by atoms with Gasteiger partial charge >= 0.3 is 6.03 Å². The Morgan fingerprint density at radius 3 is 2.64 bits per heavy atom. The van der Waals surface area contributed by atoms with Gasteiger partial charge in [0.2, 0.25) is 5.91 Å². The molecule has 142 valence electrons. The molecule has 2 heterocycles. The van der Waals surface area contributed by atoms with Crippen LogP contribution in [0.3, 0.4) is 0 Å². The summed E-state index contributed by atoms with van der Waals surface area (Å²) in [7, 11) is 1.93. The molecule has 0 radical (unpaired) electrons. The molecule has 3 aromatic rings. The molecule has 0 spiro atoms. The Labute approximate surface area is 161 Å². The molecule has 1 aliphatic heterocycles. The minimum Gasteiger partial charge on any atom is -0.350 e. The zero-order valence-electron chi connectivity index (χ0n) is 15.4. The summed E-state index contributed by atoms with van der Waals surface area (Å²) in [6.07, 6.45) is 1.81. The summed E-state index contributed by atoms with van der Waals surface area (Å²) < 4.78 is 1.97. The largest absolute Gasteiger partial charge is 0.350 e. The molecule has 0 aliphatic carbocycles. The van der Waals surface area contributed by atoms with E-state index in [2.05, 4.69) is 10.6 Å². The number of carbonyl (C=O) groups is 3. The second-order valence-electron chi connectivity index (χ2n) is 6.83. The molecule has 4 rings (SSSR count). The minimum atomic E-state index is -0.855. The Morgan fingerprint density at radius 1 is 1.07 bits per heavy atom. The average Bonchev–Trinajstić information content (AvgIpc) is 3.19. The summed E-state index contributed by atoms with van der Waals surface area (Å²) in [6, 6.07) is 15.5. The summed E-state index contributed by atoms with van der Waals surface area (Å²) >= 11 is 0. The van der Waals surface area contributed by atoms with Crippen LogP contribution in [0.2, 0.25) is 0 Å². The standard InChI is InChI=1S/C21H20N4O3/c1-24-11-10-15-16(8-5-9-18(15)24)22-19(26)12-17-20(27)25(21(28)23-17)13-14-6-3-2-4-7-14/h2-11,17H,12-13H2,1H3,(H,22,26)(H,23,28)/t17-/m0/s1. The Morgan fingerprint density at radius 2 is 1.86 bits per heavy atom. The van der Waals surface area contributed by atoms with Gasteiger partial charge in [-0.15, -0.1) is 0 Å². The summed E-state index contributed by atoms with van der Waals surface area (Å²) in [5.41, 5.74) is 2.53. The van der Waals surface area contributed by atoms with Crippen LogP contribution in [-0.2, 0) is 23.2 Å². The van der Waals surface area contributed by atoms with Gasteiger partial charge in [-0.3, -0.25) is 14.5 Å². The molecule has 2 N–H and O–H groups in total. The van der Waals surface area contributed by atoms with Gasteiger partial charge in [0.05, 0.1) is 18.7 Å². The van der Waals surface area contributed by atoms with Gasteiger partial charge < -0.3 is 15.2 Å². The number of imide groups is 1. The highest BCUT2D eigenvalue weighted by Crippen LogP contribution is 2.24. The molecule has 4 amide bonds. The second kappa shape index (κ2) is 7.19. The van der Waals surface area contributed by atoms with Crippen molar-refractivity contribution < 1.29 is 14.4 Å². The topological polar surface area (TPSA) is 83.4 Å². The summed E-state index contributed by atoms with van der Waals surface area (Å²) in [5.74, 6) is -0.710. The van der Waals surface area contributed by atoms with Gasteiger partial charge in [0.15, 0.2) is 0 Å². The number of urea groups is 1. The van der Waals surface area contributed by atoms with Crippen molar-refractivity contribution in [1.29, 1.82) is 0 Å². The van der Waals surface area contributed by atoms with Crippen molar-refractivity contribution in [3.05, 3.63) is 66.4 Å². The van der Waals surface area contributed by atoms with E-state index in [1.54, 1.807) is 0 Å². The van der Waals surface area contributed by atoms with Gasteiger partial charge in [0.25, 0.3) is 5.91 Å². The van der Waals surface area contributed by atoms with Crippen LogP contribution in [0.25, 0.3) is 10.9 Å². The highest BCUT2D eigenvalue weighted by Gasteiger charge is 2.39. The van der Waals surface area contributed by atoms with Crippen molar-refractivity contribution >= 4 is 34.4 Å². The van der Waals surface area contributed by atoms with E-state index in [9.17, 15) is 14.4 Å². The highest BCUT2D eigenvalue weighted by atomic mass is 16.2. The lowest BCUT2D eigenvalue weighted by molar-refractivity contribution is -0.130. The number of fused-ring (bicyclic) bond motifs is 1. The first-order valence-electron chi connectivity index (χ1n) is 9.02. The molecule has 2 aromatic carbocycles. The number of benzene rings is 2. The number of nitrogens with zero attached hydrogens (tertiary/aromatic N) is 2. The number of carbonyl (C=O) groups excluding carboxylic acids is 3. The van der Waals surface area contributed by atoms with Crippen LogP contribution in [0.15, 0.2) is 60.8 Å². The Kier molecular flexibility index (Phi) is 4.57. The second-order valence-corrected chi connectivity index (χ2v) is 6.83. The molecule has 28 heavy (non-hydrogen) atoms. The maximum absolute atomic E-state index is 12.6. The predicted molar refractivity (Wildman–Crippen MR) is 105 cm³/mol. The fourth-order valence-electron chi connectivity index (χ4n) is 3.43. The summed E-state index contributed by atoms with van der Waals surface area (Å²) in [5, 5.41) is 6.38. The molecule has 0 saturated carbocycles. The number of amides is 4. The van der Waals surface area contributed by atoms with E-state index in [0.717, 1.165) is 21.4 Å². The van der Waals surface area contributed by atoms with Crippen LogP contribution in [-0.4, -0.2) is 33.4 Å². The SMILES string of the molecule is Cn1ccc2c(NC(=O)C[C@@H]3NC(=O)N(Cc4ccccc4)C3=O)cccc21. The Balaban J connectivity index is 1.43. The molecular formula is C21H20N4O3. The van der Waals surface area contributed by atoms with E-state index in [-0.39, 0.29) is 24.8 Å². The molecule has 7 nitrogen and oxygen atoms in total. The number of hydrogen-bond acceptors (Lipinski definition) is 3. The van der Waals surface area contributed by atoms with Crippen LogP contribution < -0.4 is 10.6 Å². The van der Waals surface area contributed by atoms with Crippen LogP contribution in [0.4, 0.5) is 10.5 Å². The molecular weight excluding hydrogens is 356 g/mol. The lowest BCUT2D eigenvalue weighted by atomic mass is 10.1. The van der Waals surface area contributed by atoms with E-state index >= 15 is 0 Å². The first kappa shape index (κ1) is 17.8. The molecule has 1 aliphatic rings. The number of aromatic nitrogens is 1. The fourth-order valence-corrected chi connectivity index (χ4v) is 3.43. The smallest absolute Gasteiger partial charge is 0.325 e. The predicted octanol–water partition coefficient (Wildman–Crippen LogP) is 2.63. The normalized spacial score (nSPS) is 16.5. The highest BCUT2D eigenvalue weighted by molar-refractivity contribution is 6.08. The van der Waals surface area contributed by atoms with Crippen molar-refractivity contribution in [2.75, 3.05) is 5.32 Å². The van der Waals surface area contributed by atoms with E-state index in [1.165, 1.54) is 0 Å². The van der Waals surface area contributed by atoms with E-state index < -0.39 is 12.1 Å². The molecule has 1 fully saturated rings. The molecule has 0 bridgehead atoms. The van der Waals surface area contributed by atoms with Crippen molar-refractivity contribution in [2.45, 2.75) is 19.0 Å². The maximum atomic E-state index is 12.6. The quantitative estimate of drug-likeness (QED) is 0.672. The van der Waals surface area contributed by atoms with Gasteiger partial charge in [-0.25, -0.2) is 4.79 Å². The van der Waals surface area contributed by atoms with Gasteiger partial charge in [-0.05, 0) is 23.8 Å². The van der Waals surface area contributed by atoms with E-state index in [0.29, 0.717) is 5.69 Å². The molecule has 0 unspecified atom stereocenters. The zero-order valence-corrected chi connectivity index (χ0v) is 15.4. The number of nitrogens with one attached hydrogen (secondary N) is 2.